The van der Waals surface area contributed by atoms with Crippen molar-refractivity contribution in [3.63, 3.8) is 0 Å². The van der Waals surface area contributed by atoms with Crippen LogP contribution in [0.15, 0.2) is 31.9 Å². The minimum Gasteiger partial charge on any atom is -0.504 e. The van der Waals surface area contributed by atoms with Gasteiger partial charge in [-0.1, -0.05) is 6.07 Å². The summed E-state index contributed by atoms with van der Waals surface area (Å²) in [6.07, 6.45) is 0. The van der Waals surface area contributed by atoms with E-state index in [-0.39, 0.29) is 17.6 Å². The molecule has 1 N–H and O–H groups in total. The molecule has 1 heterocycles. The number of methoxy groups -OCH3 is 1. The number of aromatic hydroxyl groups is 1. The summed E-state index contributed by atoms with van der Waals surface area (Å²) in [5.41, 5.74) is 0.789. The van der Waals surface area contributed by atoms with Gasteiger partial charge in [0.05, 0.1) is 13.0 Å². The smallest absolute Gasteiger partial charge is 0.504 e. The number of phenols is 1. The first kappa shape index (κ1) is 11.3. The second kappa shape index (κ2) is 4.32. The fraction of sp³-hybridized carbons (Fsp3) is 0.273. The van der Waals surface area contributed by atoms with Gasteiger partial charge in [0.25, 0.3) is 0 Å². The molecule has 0 radical (unpaired) electrons. The maximum atomic E-state index is 10.7. The van der Waals surface area contributed by atoms with Gasteiger partial charge in [0.1, 0.15) is 0 Å². The predicted octanol–water partition coefficient (Wildman–Crippen LogP) is 1.49. The number of aromatic nitrogens is 1. The van der Waals surface area contributed by atoms with Gasteiger partial charge < -0.3 is 14.3 Å². The number of nitrogens with zero attached hydrogens (tertiary/aromatic N) is 1. The Hall–Kier alpha value is -2.24. The van der Waals surface area contributed by atoms with Crippen LogP contribution in [0.5, 0.6) is 11.5 Å². The molecule has 2 aromatic rings. The van der Waals surface area contributed by atoms with Gasteiger partial charge in [0.2, 0.25) is 5.89 Å². The summed E-state index contributed by atoms with van der Waals surface area (Å²) in [5, 5.41) is 13.0. The molecule has 0 aliphatic rings. The molecule has 0 amide bonds. The van der Waals surface area contributed by atoms with Gasteiger partial charge in [-0.2, -0.15) is 0 Å². The lowest BCUT2D eigenvalue weighted by atomic mass is 10.0. The highest BCUT2D eigenvalue weighted by Gasteiger charge is 2.17. The lowest BCUT2D eigenvalue weighted by Crippen LogP contribution is -1.97. The Balaban J connectivity index is 2.37. The van der Waals surface area contributed by atoms with E-state index in [1.165, 1.54) is 13.2 Å². The SMILES string of the molecule is COc1cc(C(C)c2noc(=O)o2)ccc1O. The molecule has 1 aromatic carbocycles. The quantitative estimate of drug-likeness (QED) is 0.870. The molecule has 0 fully saturated rings. The monoisotopic (exact) mass is 237 g/mol. The third kappa shape index (κ3) is 2.15. The molecule has 90 valence electrons. The van der Waals surface area contributed by atoms with Crippen LogP contribution in [0.3, 0.4) is 0 Å². The van der Waals surface area contributed by atoms with E-state index in [4.69, 9.17) is 9.15 Å². The van der Waals surface area contributed by atoms with Gasteiger partial charge in [-0.05, 0) is 29.8 Å². The highest BCUT2D eigenvalue weighted by Crippen LogP contribution is 2.31. The van der Waals surface area contributed by atoms with Crippen LogP contribution in [-0.4, -0.2) is 17.4 Å². The van der Waals surface area contributed by atoms with E-state index < -0.39 is 5.82 Å². The zero-order valence-electron chi connectivity index (χ0n) is 9.34. The summed E-state index contributed by atoms with van der Waals surface area (Å²) in [7, 11) is 1.46. The number of hydrogen-bond donors (Lipinski definition) is 1. The van der Waals surface area contributed by atoms with Gasteiger partial charge in [-0.3, -0.25) is 4.52 Å². The van der Waals surface area contributed by atoms with Crippen LogP contribution in [0.2, 0.25) is 0 Å². The zero-order chi connectivity index (χ0) is 12.4. The zero-order valence-corrected chi connectivity index (χ0v) is 9.34. The molecular weight excluding hydrogens is 226 g/mol. The van der Waals surface area contributed by atoms with Crippen LogP contribution in [0.4, 0.5) is 0 Å². The Kier molecular flexibility index (Phi) is 2.86. The second-order valence-corrected chi connectivity index (χ2v) is 3.53. The fourth-order valence-corrected chi connectivity index (χ4v) is 1.48. The van der Waals surface area contributed by atoms with Gasteiger partial charge in [-0.15, -0.1) is 0 Å². The van der Waals surface area contributed by atoms with E-state index >= 15 is 0 Å². The minimum absolute atomic E-state index is 0.0463. The summed E-state index contributed by atoms with van der Waals surface area (Å²) >= 11 is 0. The van der Waals surface area contributed by atoms with Gasteiger partial charge in [0.15, 0.2) is 11.5 Å². The molecule has 1 aromatic heterocycles. The standard InChI is InChI=1S/C11H11NO5/c1-6(10-12-17-11(14)16-10)7-3-4-8(13)9(5-7)15-2/h3-6,13H,1-2H3. The number of hydrogen-bond acceptors (Lipinski definition) is 6. The highest BCUT2D eigenvalue weighted by molar-refractivity contribution is 5.43. The summed E-state index contributed by atoms with van der Waals surface area (Å²) in [5.74, 6) is -0.526. The third-order valence-electron chi connectivity index (χ3n) is 2.47. The van der Waals surface area contributed by atoms with E-state index in [9.17, 15) is 9.90 Å². The van der Waals surface area contributed by atoms with Crippen molar-refractivity contribution >= 4 is 0 Å². The van der Waals surface area contributed by atoms with Crippen molar-refractivity contribution in [2.24, 2.45) is 0 Å². The van der Waals surface area contributed by atoms with Gasteiger partial charge >= 0.3 is 5.82 Å². The number of rotatable bonds is 3. The molecular formula is C11H11NO5. The van der Waals surface area contributed by atoms with Crippen molar-refractivity contribution in [1.82, 2.24) is 5.16 Å². The molecule has 17 heavy (non-hydrogen) atoms. The molecule has 1 atom stereocenters. The lowest BCUT2D eigenvalue weighted by Gasteiger charge is -2.09. The van der Waals surface area contributed by atoms with Crippen molar-refractivity contribution in [3.8, 4) is 11.5 Å². The van der Waals surface area contributed by atoms with Crippen molar-refractivity contribution in [1.29, 1.82) is 0 Å². The molecule has 2 rings (SSSR count). The van der Waals surface area contributed by atoms with Gasteiger partial charge in [0, 0.05) is 0 Å². The summed E-state index contributed by atoms with van der Waals surface area (Å²) in [6, 6.07) is 4.84. The van der Waals surface area contributed by atoms with Crippen molar-refractivity contribution in [2.75, 3.05) is 7.11 Å². The Labute approximate surface area is 96.4 Å². The summed E-state index contributed by atoms with van der Waals surface area (Å²) in [6.45, 7) is 1.80. The van der Waals surface area contributed by atoms with Crippen LogP contribution >= 0.6 is 0 Å². The minimum atomic E-state index is -0.836. The van der Waals surface area contributed by atoms with E-state index in [1.807, 2.05) is 0 Å². The Morgan fingerprint density at radius 3 is 2.82 bits per heavy atom. The Morgan fingerprint density at radius 2 is 2.24 bits per heavy atom. The van der Waals surface area contributed by atoms with Crippen LogP contribution < -0.4 is 10.6 Å². The Morgan fingerprint density at radius 1 is 1.47 bits per heavy atom. The largest absolute Gasteiger partial charge is 0.542 e. The fourth-order valence-electron chi connectivity index (χ4n) is 1.48. The normalized spacial score (nSPS) is 12.4. The average Bonchev–Trinajstić information content (AvgIpc) is 2.75. The molecule has 0 spiro atoms. The summed E-state index contributed by atoms with van der Waals surface area (Å²) < 4.78 is 14.1. The van der Waals surface area contributed by atoms with Crippen LogP contribution in [0.1, 0.15) is 24.3 Å². The van der Waals surface area contributed by atoms with Crippen molar-refractivity contribution in [2.45, 2.75) is 12.8 Å². The Bertz CT molecular complexity index is 571. The van der Waals surface area contributed by atoms with E-state index in [0.29, 0.717) is 5.75 Å². The molecule has 0 aliphatic heterocycles. The molecule has 0 saturated heterocycles. The van der Waals surface area contributed by atoms with Crippen LogP contribution in [0.25, 0.3) is 0 Å². The van der Waals surface area contributed by atoms with E-state index in [1.54, 1.807) is 19.1 Å². The number of phenolic OH excluding ortho intramolecular Hbond substituents is 1. The number of ether oxygens (including phenoxy) is 1. The first-order valence-corrected chi connectivity index (χ1v) is 4.95. The molecule has 6 heteroatoms. The van der Waals surface area contributed by atoms with Crippen molar-refractivity contribution in [3.05, 3.63) is 40.3 Å². The molecule has 6 nitrogen and oxygen atoms in total. The maximum absolute atomic E-state index is 10.7. The van der Waals surface area contributed by atoms with Gasteiger partial charge in [-0.25, -0.2) is 4.79 Å². The molecule has 0 saturated carbocycles. The molecule has 1 unspecified atom stereocenters. The van der Waals surface area contributed by atoms with Crippen molar-refractivity contribution < 1.29 is 18.8 Å². The molecule has 0 aliphatic carbocycles. The van der Waals surface area contributed by atoms with Crippen LogP contribution in [-0.2, 0) is 0 Å². The maximum Gasteiger partial charge on any atom is 0.542 e. The third-order valence-corrected chi connectivity index (χ3v) is 2.47. The first-order chi connectivity index (χ1) is 8.11. The topological polar surface area (TPSA) is 85.7 Å². The highest BCUT2D eigenvalue weighted by atomic mass is 16.6. The number of benzene rings is 1. The first-order valence-electron chi connectivity index (χ1n) is 4.95. The molecule has 0 bridgehead atoms. The van der Waals surface area contributed by atoms with Crippen LogP contribution in [0, 0.1) is 0 Å². The second-order valence-electron chi connectivity index (χ2n) is 3.53. The predicted molar refractivity (Wildman–Crippen MR) is 57.2 cm³/mol. The lowest BCUT2D eigenvalue weighted by molar-refractivity contribution is 0.334. The summed E-state index contributed by atoms with van der Waals surface area (Å²) in [4.78, 5) is 10.7. The van der Waals surface area contributed by atoms with E-state index in [0.717, 1.165) is 5.56 Å². The van der Waals surface area contributed by atoms with E-state index in [2.05, 4.69) is 9.68 Å². The average molecular weight is 237 g/mol.